The lowest BCUT2D eigenvalue weighted by atomic mass is 10.2. The molecule has 0 atom stereocenters. The Morgan fingerprint density at radius 2 is 1.00 bits per heavy atom. The van der Waals surface area contributed by atoms with Gasteiger partial charge in [0, 0.05) is 39.3 Å². The maximum Gasteiger partial charge on any atom is 0.410 e. The van der Waals surface area contributed by atoms with E-state index in [9.17, 15) is 19.2 Å². The molecule has 32 heavy (non-hydrogen) atoms. The van der Waals surface area contributed by atoms with Gasteiger partial charge in [-0.1, -0.05) is 0 Å². The van der Waals surface area contributed by atoms with Gasteiger partial charge in [-0.25, -0.2) is 9.59 Å². The molecule has 0 aliphatic carbocycles. The molecular weight excluding hydrogens is 416 g/mol. The SMILES string of the molecule is C#CC(=O)NCCN(CCN(CCNC(=O)C#C)C(=O)OC(C)(C)C)C(=O)OC(C)(C)C. The molecule has 0 fully saturated rings. The van der Waals surface area contributed by atoms with Crippen molar-refractivity contribution in [1.29, 1.82) is 0 Å². The Morgan fingerprint density at radius 3 is 1.25 bits per heavy atom. The molecule has 0 aliphatic heterocycles. The Balaban J connectivity index is 5.28. The molecule has 0 aromatic heterocycles. The largest absolute Gasteiger partial charge is 0.444 e. The van der Waals surface area contributed by atoms with Gasteiger partial charge < -0.3 is 29.9 Å². The zero-order valence-corrected chi connectivity index (χ0v) is 19.7. The van der Waals surface area contributed by atoms with Crippen LogP contribution in [0.15, 0.2) is 0 Å². The summed E-state index contributed by atoms with van der Waals surface area (Å²) in [4.78, 5) is 50.4. The molecule has 10 nitrogen and oxygen atoms in total. The van der Waals surface area contributed by atoms with Crippen LogP contribution in [0.25, 0.3) is 0 Å². The van der Waals surface area contributed by atoms with Gasteiger partial charge in [0.05, 0.1) is 0 Å². The van der Waals surface area contributed by atoms with Crippen molar-refractivity contribution in [3.05, 3.63) is 0 Å². The average Bonchev–Trinajstić information content (AvgIpc) is 2.65. The predicted octanol–water partition coefficient (Wildman–Crippen LogP) is 0.959. The van der Waals surface area contributed by atoms with E-state index < -0.39 is 35.2 Å². The van der Waals surface area contributed by atoms with Crippen LogP contribution >= 0.6 is 0 Å². The standard InChI is InChI=1S/C22H34N4O6/c1-9-17(27)23-11-13-25(19(29)31-21(3,4)5)15-16-26(14-12-24-18(28)10-2)20(30)32-22(6,7)8/h1-2H,11-16H2,3-8H3,(H,23,27)(H,24,28). The molecule has 0 bridgehead atoms. The second-order valence-electron chi connectivity index (χ2n) is 8.74. The maximum atomic E-state index is 12.6. The van der Waals surface area contributed by atoms with Crippen molar-refractivity contribution >= 4 is 24.0 Å². The third kappa shape index (κ3) is 13.8. The molecule has 4 amide bonds. The predicted molar refractivity (Wildman–Crippen MR) is 119 cm³/mol. The Kier molecular flexibility index (Phi) is 11.7. The van der Waals surface area contributed by atoms with Gasteiger partial charge >= 0.3 is 12.2 Å². The van der Waals surface area contributed by atoms with Crippen LogP contribution in [0, 0.1) is 24.7 Å². The van der Waals surface area contributed by atoms with E-state index in [1.807, 2.05) is 11.8 Å². The van der Waals surface area contributed by atoms with Crippen molar-refractivity contribution < 1.29 is 28.7 Å². The van der Waals surface area contributed by atoms with Gasteiger partial charge in [0.2, 0.25) is 0 Å². The van der Waals surface area contributed by atoms with E-state index in [1.54, 1.807) is 41.5 Å². The number of nitrogens with zero attached hydrogens (tertiary/aromatic N) is 2. The molecule has 0 aliphatic rings. The Morgan fingerprint density at radius 1 is 0.688 bits per heavy atom. The van der Waals surface area contributed by atoms with Crippen LogP contribution in [0.4, 0.5) is 9.59 Å². The monoisotopic (exact) mass is 450 g/mol. The lowest BCUT2D eigenvalue weighted by Gasteiger charge is -2.31. The molecule has 10 heteroatoms. The van der Waals surface area contributed by atoms with Crippen LogP contribution in [0.5, 0.6) is 0 Å². The number of carbonyl (C=O) groups excluding carboxylic acids is 4. The summed E-state index contributed by atoms with van der Waals surface area (Å²) in [5.41, 5.74) is -1.47. The van der Waals surface area contributed by atoms with Crippen LogP contribution in [-0.4, -0.2) is 84.3 Å². The van der Waals surface area contributed by atoms with E-state index in [0.717, 1.165) is 0 Å². The lowest BCUT2D eigenvalue weighted by molar-refractivity contribution is -0.116. The normalized spacial score (nSPS) is 10.8. The summed E-state index contributed by atoms with van der Waals surface area (Å²) in [5, 5.41) is 4.96. The number of rotatable bonds is 9. The van der Waals surface area contributed by atoms with Crippen LogP contribution in [-0.2, 0) is 19.1 Å². The zero-order valence-electron chi connectivity index (χ0n) is 19.7. The minimum absolute atomic E-state index is 0.0865. The molecule has 2 N–H and O–H groups in total. The molecule has 178 valence electrons. The second-order valence-corrected chi connectivity index (χ2v) is 8.74. The fraction of sp³-hybridized carbons (Fsp3) is 0.636. The van der Waals surface area contributed by atoms with Crippen molar-refractivity contribution in [3.63, 3.8) is 0 Å². The minimum atomic E-state index is -0.734. The number of amides is 4. The van der Waals surface area contributed by atoms with Crippen molar-refractivity contribution in [1.82, 2.24) is 20.4 Å². The first-order chi connectivity index (χ1) is 14.7. The van der Waals surface area contributed by atoms with Gasteiger partial charge in [0.15, 0.2) is 0 Å². The van der Waals surface area contributed by atoms with E-state index >= 15 is 0 Å². The van der Waals surface area contributed by atoms with Crippen molar-refractivity contribution in [2.45, 2.75) is 52.7 Å². The van der Waals surface area contributed by atoms with Crippen LogP contribution < -0.4 is 10.6 Å². The van der Waals surface area contributed by atoms with Gasteiger partial charge in [-0.3, -0.25) is 9.59 Å². The summed E-state index contributed by atoms with van der Waals surface area (Å²) in [6.45, 7) is 11.0. The Bertz CT molecular complexity index is 688. The fourth-order valence-electron chi connectivity index (χ4n) is 2.19. The molecular formula is C22H34N4O6. The molecule has 0 saturated heterocycles. The van der Waals surface area contributed by atoms with E-state index in [-0.39, 0.29) is 39.3 Å². The summed E-state index contributed by atoms with van der Waals surface area (Å²) >= 11 is 0. The van der Waals surface area contributed by atoms with Gasteiger partial charge in [0.1, 0.15) is 11.2 Å². The van der Waals surface area contributed by atoms with Crippen molar-refractivity contribution in [2.24, 2.45) is 0 Å². The highest BCUT2D eigenvalue weighted by Gasteiger charge is 2.26. The third-order valence-electron chi connectivity index (χ3n) is 3.54. The van der Waals surface area contributed by atoms with Crippen molar-refractivity contribution in [2.75, 3.05) is 39.3 Å². The maximum absolute atomic E-state index is 12.6. The molecule has 0 heterocycles. The summed E-state index contributed by atoms with van der Waals surface area (Å²) in [5.74, 6) is 2.65. The summed E-state index contributed by atoms with van der Waals surface area (Å²) in [6.07, 6.45) is 8.82. The van der Waals surface area contributed by atoms with Crippen LogP contribution in [0.3, 0.4) is 0 Å². The van der Waals surface area contributed by atoms with Crippen LogP contribution in [0.1, 0.15) is 41.5 Å². The highest BCUT2D eigenvalue weighted by atomic mass is 16.6. The first kappa shape index (κ1) is 28.6. The average molecular weight is 451 g/mol. The molecule has 0 spiro atoms. The number of carbonyl (C=O) groups is 4. The number of terminal acetylenes is 2. The minimum Gasteiger partial charge on any atom is -0.444 e. The highest BCUT2D eigenvalue weighted by molar-refractivity contribution is 5.93. The topological polar surface area (TPSA) is 117 Å². The molecule has 0 aromatic carbocycles. The third-order valence-corrected chi connectivity index (χ3v) is 3.54. The first-order valence-electron chi connectivity index (χ1n) is 10.1. The molecule has 0 radical (unpaired) electrons. The van der Waals surface area contributed by atoms with Gasteiger partial charge in [-0.05, 0) is 53.4 Å². The van der Waals surface area contributed by atoms with Gasteiger partial charge in [-0.2, -0.15) is 0 Å². The lowest BCUT2D eigenvalue weighted by Crippen LogP contribution is -2.48. The van der Waals surface area contributed by atoms with Gasteiger partial charge in [0.25, 0.3) is 11.8 Å². The smallest absolute Gasteiger partial charge is 0.410 e. The van der Waals surface area contributed by atoms with E-state index in [1.165, 1.54) is 9.80 Å². The zero-order chi connectivity index (χ0) is 24.9. The summed E-state index contributed by atoms with van der Waals surface area (Å²) < 4.78 is 10.8. The quantitative estimate of drug-likeness (QED) is 0.506. The molecule has 0 saturated carbocycles. The summed E-state index contributed by atoms with van der Waals surface area (Å²) in [6, 6.07) is 0. The van der Waals surface area contributed by atoms with E-state index in [0.29, 0.717) is 0 Å². The molecule has 0 rings (SSSR count). The van der Waals surface area contributed by atoms with Crippen molar-refractivity contribution in [3.8, 4) is 24.7 Å². The fourth-order valence-corrected chi connectivity index (χ4v) is 2.19. The molecule has 0 aromatic rings. The number of ether oxygens (including phenoxy) is 2. The summed E-state index contributed by atoms with van der Waals surface area (Å²) in [7, 11) is 0. The van der Waals surface area contributed by atoms with Crippen LogP contribution in [0.2, 0.25) is 0 Å². The van der Waals surface area contributed by atoms with E-state index in [4.69, 9.17) is 22.3 Å². The Labute approximate surface area is 190 Å². The van der Waals surface area contributed by atoms with Gasteiger partial charge in [-0.15, -0.1) is 12.8 Å². The number of hydrogen-bond acceptors (Lipinski definition) is 6. The second kappa shape index (κ2) is 13.1. The molecule has 0 unspecified atom stereocenters. The number of nitrogens with one attached hydrogen (secondary N) is 2. The highest BCUT2D eigenvalue weighted by Crippen LogP contribution is 2.12. The number of hydrogen-bond donors (Lipinski definition) is 2. The van der Waals surface area contributed by atoms with E-state index in [2.05, 4.69) is 10.6 Å². The Hall–Kier alpha value is -3.40. The first-order valence-corrected chi connectivity index (χ1v) is 10.1.